The van der Waals surface area contributed by atoms with Crippen molar-refractivity contribution >= 4 is 5.78 Å². The second-order valence-electron chi connectivity index (χ2n) is 6.87. The molecular weight excluding hydrogens is 275 g/mol. The third-order valence-electron chi connectivity index (χ3n) is 5.09. The number of carbonyl (C=O) groups excluding carboxylic acids is 1. The SMILES string of the molecule is CO[C@@H]1C(=O)[C@H](F)C[C@]2(CO2)[C@H]1[C@]1(C)O[C@@H]1CC=C(C)C. The molecule has 0 unspecified atom stereocenters. The quantitative estimate of drug-likeness (QED) is 0.590. The fraction of sp³-hybridized carbons (Fsp3) is 0.812. The third-order valence-corrected chi connectivity index (χ3v) is 5.09. The average Bonchev–Trinajstić information content (AvgIpc) is 3.31. The molecule has 5 heteroatoms. The van der Waals surface area contributed by atoms with Gasteiger partial charge in [-0.3, -0.25) is 4.79 Å². The van der Waals surface area contributed by atoms with Crippen LogP contribution in [0.5, 0.6) is 0 Å². The number of ketones is 1. The topological polar surface area (TPSA) is 51.4 Å². The van der Waals surface area contributed by atoms with Gasteiger partial charge in [-0.1, -0.05) is 11.6 Å². The Hall–Kier alpha value is -0.780. The Morgan fingerprint density at radius 1 is 1.52 bits per heavy atom. The standard InChI is InChI=1S/C16H23FO4/c1-9(2)5-6-11-15(3,21-11)14-13(19-4)12(18)10(17)7-16(14)8-20-16/h5,10-11,13-14H,6-8H2,1-4H3/t10-,11-,13-,14-,15-,16+/m1/s1. The van der Waals surface area contributed by atoms with Crippen LogP contribution in [0.4, 0.5) is 4.39 Å². The molecule has 1 spiro atoms. The first-order chi connectivity index (χ1) is 9.84. The van der Waals surface area contributed by atoms with E-state index in [1.54, 1.807) is 0 Å². The smallest absolute Gasteiger partial charge is 0.196 e. The molecule has 2 saturated heterocycles. The second-order valence-corrected chi connectivity index (χ2v) is 6.87. The fourth-order valence-corrected chi connectivity index (χ4v) is 3.79. The first kappa shape index (κ1) is 15.1. The molecule has 0 N–H and O–H groups in total. The molecule has 6 atom stereocenters. The molecular formula is C16H23FO4. The number of alkyl halides is 1. The fourth-order valence-electron chi connectivity index (χ4n) is 3.79. The van der Waals surface area contributed by atoms with Crippen LogP contribution >= 0.6 is 0 Å². The molecule has 3 rings (SSSR count). The monoisotopic (exact) mass is 298 g/mol. The van der Waals surface area contributed by atoms with Crippen LogP contribution in [0.2, 0.25) is 0 Å². The molecule has 2 aliphatic heterocycles. The zero-order chi connectivity index (χ0) is 15.4. The van der Waals surface area contributed by atoms with Crippen LogP contribution in [0, 0.1) is 5.92 Å². The van der Waals surface area contributed by atoms with Gasteiger partial charge in [-0.15, -0.1) is 0 Å². The van der Waals surface area contributed by atoms with E-state index in [1.165, 1.54) is 12.7 Å². The van der Waals surface area contributed by atoms with E-state index in [0.717, 1.165) is 6.42 Å². The van der Waals surface area contributed by atoms with Crippen molar-refractivity contribution in [3.63, 3.8) is 0 Å². The van der Waals surface area contributed by atoms with Crippen molar-refractivity contribution < 1.29 is 23.4 Å². The van der Waals surface area contributed by atoms with Crippen LogP contribution in [0.3, 0.4) is 0 Å². The van der Waals surface area contributed by atoms with E-state index in [-0.39, 0.29) is 18.4 Å². The number of carbonyl (C=O) groups is 1. The van der Waals surface area contributed by atoms with Crippen molar-refractivity contribution in [2.75, 3.05) is 13.7 Å². The van der Waals surface area contributed by atoms with Crippen LogP contribution in [-0.2, 0) is 19.0 Å². The highest BCUT2D eigenvalue weighted by molar-refractivity contribution is 5.89. The minimum atomic E-state index is -1.49. The second kappa shape index (κ2) is 4.86. The summed E-state index contributed by atoms with van der Waals surface area (Å²) in [6.45, 7) is 6.56. The number of methoxy groups -OCH3 is 1. The maximum Gasteiger partial charge on any atom is 0.196 e. The van der Waals surface area contributed by atoms with Crippen molar-refractivity contribution in [2.45, 2.75) is 63.2 Å². The zero-order valence-electron chi connectivity index (χ0n) is 13.0. The maximum atomic E-state index is 13.9. The Bertz CT molecular complexity index is 481. The molecule has 3 aliphatic rings. The maximum absolute atomic E-state index is 13.9. The van der Waals surface area contributed by atoms with E-state index in [2.05, 4.69) is 6.08 Å². The Morgan fingerprint density at radius 3 is 2.71 bits per heavy atom. The summed E-state index contributed by atoms with van der Waals surface area (Å²) < 4.78 is 30.7. The molecule has 2 heterocycles. The molecule has 0 aromatic carbocycles. The number of hydrogen-bond acceptors (Lipinski definition) is 4. The molecule has 4 nitrogen and oxygen atoms in total. The van der Waals surface area contributed by atoms with Gasteiger partial charge in [0.05, 0.1) is 18.6 Å². The van der Waals surface area contributed by atoms with Gasteiger partial charge in [-0.25, -0.2) is 4.39 Å². The van der Waals surface area contributed by atoms with Crippen LogP contribution in [0.25, 0.3) is 0 Å². The van der Waals surface area contributed by atoms with Crippen molar-refractivity contribution in [3.05, 3.63) is 11.6 Å². The van der Waals surface area contributed by atoms with E-state index in [1.807, 2.05) is 20.8 Å². The number of ether oxygens (including phenoxy) is 3. The predicted molar refractivity (Wildman–Crippen MR) is 74.8 cm³/mol. The zero-order valence-corrected chi connectivity index (χ0v) is 13.0. The Labute approximate surface area is 124 Å². The van der Waals surface area contributed by atoms with Crippen LogP contribution < -0.4 is 0 Å². The number of Topliss-reactive ketones (excluding diaryl/α,β-unsaturated/α-hetero) is 1. The number of allylic oxidation sites excluding steroid dienone is 1. The van der Waals surface area contributed by atoms with E-state index in [4.69, 9.17) is 14.2 Å². The number of halogens is 1. The highest BCUT2D eigenvalue weighted by atomic mass is 19.1. The summed E-state index contributed by atoms with van der Waals surface area (Å²) >= 11 is 0. The van der Waals surface area contributed by atoms with Crippen LogP contribution in [-0.4, -0.2) is 49.1 Å². The summed E-state index contributed by atoms with van der Waals surface area (Å²) in [4.78, 5) is 12.1. The molecule has 0 radical (unpaired) electrons. The number of epoxide rings is 2. The molecule has 3 fully saturated rings. The van der Waals surface area contributed by atoms with Crippen molar-refractivity contribution in [2.24, 2.45) is 5.92 Å². The van der Waals surface area contributed by atoms with E-state index in [0.29, 0.717) is 6.61 Å². The van der Waals surface area contributed by atoms with Gasteiger partial charge in [0.1, 0.15) is 17.3 Å². The van der Waals surface area contributed by atoms with Gasteiger partial charge in [0, 0.05) is 13.5 Å². The Kier molecular flexibility index (Phi) is 3.50. The minimum Gasteiger partial charge on any atom is -0.373 e. The summed E-state index contributed by atoms with van der Waals surface area (Å²) in [6, 6.07) is 0. The lowest BCUT2D eigenvalue weighted by molar-refractivity contribution is -0.150. The van der Waals surface area contributed by atoms with Gasteiger partial charge in [0.15, 0.2) is 12.0 Å². The lowest BCUT2D eigenvalue weighted by atomic mass is 9.68. The summed E-state index contributed by atoms with van der Waals surface area (Å²) in [7, 11) is 1.46. The van der Waals surface area contributed by atoms with Gasteiger partial charge in [0.25, 0.3) is 0 Å². The Balaban J connectivity index is 1.82. The van der Waals surface area contributed by atoms with Crippen LogP contribution in [0.15, 0.2) is 11.6 Å². The van der Waals surface area contributed by atoms with Gasteiger partial charge < -0.3 is 14.2 Å². The molecule has 118 valence electrons. The van der Waals surface area contributed by atoms with Crippen molar-refractivity contribution in [1.29, 1.82) is 0 Å². The molecule has 0 aromatic heterocycles. The molecule has 21 heavy (non-hydrogen) atoms. The van der Waals surface area contributed by atoms with E-state index in [9.17, 15) is 9.18 Å². The highest BCUT2D eigenvalue weighted by Crippen LogP contribution is 2.59. The van der Waals surface area contributed by atoms with Crippen LogP contribution in [0.1, 0.15) is 33.6 Å². The average molecular weight is 298 g/mol. The van der Waals surface area contributed by atoms with Gasteiger partial charge in [0.2, 0.25) is 0 Å². The normalized spacial score (nSPS) is 48.3. The summed E-state index contributed by atoms with van der Waals surface area (Å²) in [6.07, 6.45) is 0.825. The Morgan fingerprint density at radius 2 is 2.19 bits per heavy atom. The van der Waals surface area contributed by atoms with Crippen molar-refractivity contribution in [3.8, 4) is 0 Å². The summed E-state index contributed by atoms with van der Waals surface area (Å²) in [5, 5.41) is 0. The van der Waals surface area contributed by atoms with Gasteiger partial charge >= 0.3 is 0 Å². The lowest BCUT2D eigenvalue weighted by Crippen LogP contribution is -2.56. The van der Waals surface area contributed by atoms with E-state index < -0.39 is 29.3 Å². The molecule has 1 aliphatic carbocycles. The molecule has 0 aromatic rings. The number of hydrogen-bond donors (Lipinski definition) is 0. The summed E-state index contributed by atoms with van der Waals surface area (Å²) in [5.41, 5.74) is 0.179. The first-order valence-corrected chi connectivity index (χ1v) is 7.50. The first-order valence-electron chi connectivity index (χ1n) is 7.50. The molecule has 1 saturated carbocycles. The third kappa shape index (κ3) is 2.35. The number of rotatable bonds is 4. The minimum absolute atomic E-state index is 0.0417. The van der Waals surface area contributed by atoms with Gasteiger partial charge in [-0.2, -0.15) is 0 Å². The lowest BCUT2D eigenvalue weighted by Gasteiger charge is -2.38. The summed E-state index contributed by atoms with van der Waals surface area (Å²) in [5.74, 6) is -0.702. The largest absolute Gasteiger partial charge is 0.373 e. The van der Waals surface area contributed by atoms with Crippen molar-refractivity contribution in [1.82, 2.24) is 0 Å². The highest BCUT2D eigenvalue weighted by Gasteiger charge is 2.73. The molecule has 0 amide bonds. The van der Waals surface area contributed by atoms with E-state index >= 15 is 0 Å². The van der Waals surface area contributed by atoms with Gasteiger partial charge in [-0.05, 0) is 27.2 Å². The predicted octanol–water partition coefficient (Wildman–Crippen LogP) is 2.21. The molecule has 0 bridgehead atoms.